The number of aliphatic imine (C=N–C) groups is 1. The van der Waals surface area contributed by atoms with Crippen molar-refractivity contribution in [3.63, 3.8) is 0 Å². The number of ether oxygens (including phenoxy) is 1. The molecule has 23 heavy (non-hydrogen) atoms. The Hall–Kier alpha value is -1.07. The van der Waals surface area contributed by atoms with Gasteiger partial charge >= 0.3 is 0 Å². The highest BCUT2D eigenvalue weighted by molar-refractivity contribution is 9.10. The van der Waals surface area contributed by atoms with E-state index in [-0.39, 0.29) is 0 Å². The van der Waals surface area contributed by atoms with Crippen molar-refractivity contribution in [3.8, 4) is 0 Å². The number of hydrogen-bond donors (Lipinski definition) is 2. The van der Waals surface area contributed by atoms with Crippen LogP contribution in [0.5, 0.6) is 0 Å². The maximum atomic E-state index is 5.30. The Morgan fingerprint density at radius 2 is 1.91 bits per heavy atom. The van der Waals surface area contributed by atoms with Gasteiger partial charge in [-0.05, 0) is 42.4 Å². The monoisotopic (exact) mass is 381 g/mol. The number of guanidine groups is 1. The third-order valence-corrected chi connectivity index (χ3v) is 5.26. The molecule has 0 spiro atoms. The molecule has 1 fully saturated rings. The van der Waals surface area contributed by atoms with Gasteiger partial charge in [-0.1, -0.05) is 40.9 Å². The van der Waals surface area contributed by atoms with Crippen molar-refractivity contribution in [3.05, 3.63) is 34.3 Å². The van der Waals surface area contributed by atoms with Crippen molar-refractivity contribution in [2.24, 2.45) is 10.4 Å². The van der Waals surface area contributed by atoms with Gasteiger partial charge in [0.05, 0.1) is 0 Å². The lowest BCUT2D eigenvalue weighted by Gasteiger charge is -2.30. The fraction of sp³-hybridized carbons (Fsp3) is 0.611. The molecule has 1 aliphatic rings. The first-order valence-corrected chi connectivity index (χ1v) is 9.15. The molecule has 1 aromatic carbocycles. The Kier molecular flexibility index (Phi) is 7.37. The summed E-state index contributed by atoms with van der Waals surface area (Å²) in [6.45, 7) is 2.58. The zero-order chi connectivity index (χ0) is 16.5. The molecule has 0 bridgehead atoms. The molecule has 5 heteroatoms. The first-order chi connectivity index (χ1) is 11.2. The minimum atomic E-state index is 0.366. The van der Waals surface area contributed by atoms with Gasteiger partial charge in [0, 0.05) is 38.3 Å². The van der Waals surface area contributed by atoms with Crippen LogP contribution in [-0.4, -0.2) is 33.3 Å². The normalized spacial score (nSPS) is 17.3. The quantitative estimate of drug-likeness (QED) is 0.558. The minimum Gasteiger partial charge on any atom is -0.385 e. The van der Waals surface area contributed by atoms with Gasteiger partial charge in [0.25, 0.3) is 0 Å². The van der Waals surface area contributed by atoms with Gasteiger partial charge in [0.15, 0.2) is 5.96 Å². The van der Waals surface area contributed by atoms with Gasteiger partial charge in [-0.25, -0.2) is 0 Å². The van der Waals surface area contributed by atoms with E-state index in [0.717, 1.165) is 36.5 Å². The van der Waals surface area contributed by atoms with Gasteiger partial charge in [-0.2, -0.15) is 0 Å². The molecule has 2 N–H and O–H groups in total. The van der Waals surface area contributed by atoms with Crippen LogP contribution in [0.25, 0.3) is 0 Å². The summed E-state index contributed by atoms with van der Waals surface area (Å²) in [6, 6.07) is 8.35. The average molecular weight is 382 g/mol. The highest BCUT2D eigenvalue weighted by atomic mass is 79.9. The number of rotatable bonds is 7. The fourth-order valence-electron chi connectivity index (χ4n) is 3.24. The molecule has 0 unspecified atom stereocenters. The van der Waals surface area contributed by atoms with Crippen molar-refractivity contribution in [1.82, 2.24) is 10.6 Å². The lowest BCUT2D eigenvalue weighted by molar-refractivity contribution is 0.138. The van der Waals surface area contributed by atoms with Crippen LogP contribution in [0.2, 0.25) is 0 Å². The highest BCUT2D eigenvalue weighted by Gasteiger charge is 2.33. The molecule has 0 radical (unpaired) electrons. The van der Waals surface area contributed by atoms with Crippen LogP contribution >= 0.6 is 15.9 Å². The number of methoxy groups -OCH3 is 1. The van der Waals surface area contributed by atoms with Crippen LogP contribution in [0.4, 0.5) is 0 Å². The number of nitrogens with one attached hydrogen (secondary N) is 2. The van der Waals surface area contributed by atoms with E-state index in [1.54, 1.807) is 7.11 Å². The smallest absolute Gasteiger partial charge is 0.191 e. The summed E-state index contributed by atoms with van der Waals surface area (Å²) in [5.74, 6) is 0.872. The van der Waals surface area contributed by atoms with E-state index < -0.39 is 0 Å². The Morgan fingerprint density at radius 1 is 1.22 bits per heavy atom. The third kappa shape index (κ3) is 5.81. The summed E-state index contributed by atoms with van der Waals surface area (Å²) in [5, 5.41) is 6.91. The predicted molar refractivity (Wildman–Crippen MR) is 99.7 cm³/mol. The molecule has 4 nitrogen and oxygen atoms in total. The van der Waals surface area contributed by atoms with Gasteiger partial charge in [-0.3, -0.25) is 4.99 Å². The molecular weight excluding hydrogens is 354 g/mol. The van der Waals surface area contributed by atoms with Crippen LogP contribution < -0.4 is 10.6 Å². The largest absolute Gasteiger partial charge is 0.385 e. The SMILES string of the molecule is CN=C(NCc1ccc(Br)cc1)NCC1(CCOC)CCCC1. The summed E-state index contributed by atoms with van der Waals surface area (Å²) in [6.07, 6.45) is 6.35. The second-order valence-electron chi connectivity index (χ2n) is 6.36. The van der Waals surface area contributed by atoms with Crippen LogP contribution in [0.3, 0.4) is 0 Å². The Bertz CT molecular complexity index is 495. The standard InChI is InChI=1S/C18H28BrN3O/c1-20-17(21-13-15-5-7-16(19)8-6-15)22-14-18(11-12-23-2)9-3-4-10-18/h5-8H,3-4,9-14H2,1-2H3,(H2,20,21,22). The Labute approximate surface area is 148 Å². The molecule has 2 rings (SSSR count). The Balaban J connectivity index is 1.82. The van der Waals surface area contributed by atoms with Gasteiger partial charge in [-0.15, -0.1) is 0 Å². The summed E-state index contributed by atoms with van der Waals surface area (Å²) in [5.41, 5.74) is 1.61. The third-order valence-electron chi connectivity index (χ3n) is 4.73. The number of benzene rings is 1. The summed E-state index contributed by atoms with van der Waals surface area (Å²) >= 11 is 3.46. The molecule has 128 valence electrons. The molecule has 0 aliphatic heterocycles. The van der Waals surface area contributed by atoms with E-state index in [9.17, 15) is 0 Å². The van der Waals surface area contributed by atoms with Gasteiger partial charge < -0.3 is 15.4 Å². The second-order valence-corrected chi connectivity index (χ2v) is 7.27. The molecule has 0 heterocycles. The number of hydrogen-bond acceptors (Lipinski definition) is 2. The second kappa shape index (κ2) is 9.28. The van der Waals surface area contributed by atoms with E-state index in [0.29, 0.717) is 5.41 Å². The van der Waals surface area contributed by atoms with Crippen LogP contribution in [0, 0.1) is 5.41 Å². The van der Waals surface area contributed by atoms with E-state index in [2.05, 4.69) is 55.8 Å². The number of nitrogens with zero attached hydrogens (tertiary/aromatic N) is 1. The Morgan fingerprint density at radius 3 is 2.52 bits per heavy atom. The lowest BCUT2D eigenvalue weighted by Crippen LogP contribution is -2.43. The molecule has 1 saturated carbocycles. The average Bonchev–Trinajstić information content (AvgIpc) is 3.04. The number of halogens is 1. The topological polar surface area (TPSA) is 45.7 Å². The van der Waals surface area contributed by atoms with Crippen molar-refractivity contribution < 1.29 is 4.74 Å². The zero-order valence-corrected chi connectivity index (χ0v) is 15.8. The summed E-state index contributed by atoms with van der Waals surface area (Å²) in [4.78, 5) is 4.35. The fourth-order valence-corrected chi connectivity index (χ4v) is 3.50. The molecule has 0 aromatic heterocycles. The van der Waals surface area contributed by atoms with Crippen LogP contribution in [0.1, 0.15) is 37.7 Å². The van der Waals surface area contributed by atoms with Gasteiger partial charge in [0.2, 0.25) is 0 Å². The summed E-state index contributed by atoms with van der Waals surface area (Å²) < 4.78 is 6.40. The minimum absolute atomic E-state index is 0.366. The maximum Gasteiger partial charge on any atom is 0.191 e. The van der Waals surface area contributed by atoms with Crippen LogP contribution in [-0.2, 0) is 11.3 Å². The van der Waals surface area contributed by atoms with Gasteiger partial charge in [0.1, 0.15) is 0 Å². The van der Waals surface area contributed by atoms with E-state index in [4.69, 9.17) is 4.74 Å². The van der Waals surface area contributed by atoms with E-state index in [1.807, 2.05) is 7.05 Å². The first-order valence-electron chi connectivity index (χ1n) is 8.35. The molecule has 0 amide bonds. The van der Waals surface area contributed by atoms with Crippen molar-refractivity contribution in [1.29, 1.82) is 0 Å². The predicted octanol–water partition coefficient (Wildman–Crippen LogP) is 3.71. The molecule has 1 aromatic rings. The lowest BCUT2D eigenvalue weighted by atomic mass is 9.83. The highest BCUT2D eigenvalue weighted by Crippen LogP contribution is 2.40. The first kappa shape index (κ1) is 18.3. The van der Waals surface area contributed by atoms with Crippen molar-refractivity contribution >= 4 is 21.9 Å². The van der Waals surface area contributed by atoms with E-state index in [1.165, 1.54) is 31.2 Å². The molecule has 1 aliphatic carbocycles. The molecular formula is C18H28BrN3O. The van der Waals surface area contributed by atoms with Crippen LogP contribution in [0.15, 0.2) is 33.7 Å². The molecule has 0 saturated heterocycles. The zero-order valence-electron chi connectivity index (χ0n) is 14.2. The maximum absolute atomic E-state index is 5.30. The van der Waals surface area contributed by atoms with Crippen molar-refractivity contribution in [2.75, 3.05) is 27.3 Å². The van der Waals surface area contributed by atoms with Crippen molar-refractivity contribution in [2.45, 2.75) is 38.6 Å². The van der Waals surface area contributed by atoms with E-state index >= 15 is 0 Å². The summed E-state index contributed by atoms with van der Waals surface area (Å²) in [7, 11) is 3.61. The molecule has 0 atom stereocenters.